The molecule has 0 aromatic heterocycles. The van der Waals surface area contributed by atoms with Gasteiger partial charge in [0.15, 0.2) is 5.79 Å². The molecule has 3 aliphatic carbocycles. The van der Waals surface area contributed by atoms with Crippen molar-refractivity contribution >= 4 is 15.9 Å². The summed E-state index contributed by atoms with van der Waals surface area (Å²) in [4.78, 5) is 0.294. The summed E-state index contributed by atoms with van der Waals surface area (Å²) in [5.41, 5.74) is 2.94. The molecular weight excluding hydrogens is 368 g/mol. The van der Waals surface area contributed by atoms with Gasteiger partial charge in [0.2, 0.25) is 0 Å². The van der Waals surface area contributed by atoms with Crippen molar-refractivity contribution in [1.82, 2.24) is 0 Å². The lowest BCUT2D eigenvalue weighted by Crippen LogP contribution is -2.53. The third kappa shape index (κ3) is 1.85. The minimum absolute atomic E-state index is 0.104. The lowest BCUT2D eigenvalue weighted by atomic mass is 9.55. The number of ether oxygens (including phenoxy) is 2. The van der Waals surface area contributed by atoms with Crippen molar-refractivity contribution in [2.75, 3.05) is 13.2 Å². The van der Waals surface area contributed by atoms with Crippen LogP contribution in [-0.4, -0.2) is 28.9 Å². The van der Waals surface area contributed by atoms with Gasteiger partial charge in [0.25, 0.3) is 0 Å². The van der Waals surface area contributed by atoms with Gasteiger partial charge in [-0.2, -0.15) is 0 Å². The summed E-state index contributed by atoms with van der Waals surface area (Å²) < 4.78 is 12.5. The highest BCUT2D eigenvalue weighted by molar-refractivity contribution is 9.09. The monoisotopic (exact) mass is 392 g/mol. The van der Waals surface area contributed by atoms with Crippen LogP contribution in [0.15, 0.2) is 18.2 Å². The highest BCUT2D eigenvalue weighted by Crippen LogP contribution is 2.67. The molecule has 1 aromatic carbocycles. The first-order valence-electron chi connectivity index (χ1n) is 9.29. The van der Waals surface area contributed by atoms with Gasteiger partial charge in [-0.25, -0.2) is 0 Å². The Hall–Kier alpha value is -0.580. The molecule has 3 fully saturated rings. The molecule has 5 atom stereocenters. The van der Waals surface area contributed by atoms with Crippen molar-refractivity contribution in [2.24, 2.45) is 17.3 Å². The summed E-state index contributed by atoms with van der Waals surface area (Å²) in [6.07, 6.45) is 5.80. The molecule has 5 rings (SSSR count). The fourth-order valence-corrected chi connectivity index (χ4v) is 7.62. The summed E-state index contributed by atoms with van der Waals surface area (Å²) in [5.74, 6) is 1.95. The predicted octanol–water partition coefficient (Wildman–Crippen LogP) is 4.36. The van der Waals surface area contributed by atoms with Crippen LogP contribution in [0.5, 0.6) is 5.75 Å². The molecule has 1 aromatic rings. The Kier molecular flexibility index (Phi) is 3.40. The first-order valence-corrected chi connectivity index (χ1v) is 10.2. The molecule has 0 amide bonds. The molecule has 2 saturated carbocycles. The number of aryl methyl sites for hydroxylation is 1. The molecule has 0 radical (unpaired) electrons. The van der Waals surface area contributed by atoms with Gasteiger partial charge >= 0.3 is 0 Å². The van der Waals surface area contributed by atoms with Crippen LogP contribution in [0.2, 0.25) is 0 Å². The average molecular weight is 393 g/mol. The Bertz CT molecular complexity index is 669. The van der Waals surface area contributed by atoms with Gasteiger partial charge in [0, 0.05) is 5.41 Å². The number of aromatic hydroxyl groups is 1. The number of benzene rings is 1. The molecule has 130 valence electrons. The molecule has 1 N–H and O–H groups in total. The standard InChI is InChI=1S/C20H25BrO3/c1-19-7-6-15-14-5-3-13(22)10-12(14)2-4-16(15)17(19)11-18(21)20(19)23-8-9-24-20/h3,5,10,15-18,22H,2,4,6-9,11H2,1H3/t15-,16-,17+,18-,19+/m1/s1. The van der Waals surface area contributed by atoms with Crippen molar-refractivity contribution in [3.63, 3.8) is 0 Å². The molecule has 0 unspecified atom stereocenters. The van der Waals surface area contributed by atoms with Gasteiger partial charge in [-0.05, 0) is 73.1 Å². The molecule has 0 bridgehead atoms. The Labute approximate surface area is 151 Å². The maximum Gasteiger partial charge on any atom is 0.186 e. The van der Waals surface area contributed by atoms with E-state index in [1.807, 2.05) is 12.1 Å². The lowest BCUT2D eigenvalue weighted by Gasteiger charge is -2.52. The Morgan fingerprint density at radius 3 is 2.79 bits per heavy atom. The first-order chi connectivity index (χ1) is 11.6. The summed E-state index contributed by atoms with van der Waals surface area (Å²) in [5, 5.41) is 9.81. The quantitative estimate of drug-likeness (QED) is 0.666. The number of rotatable bonds is 0. The van der Waals surface area contributed by atoms with Gasteiger partial charge < -0.3 is 14.6 Å². The summed E-state index contributed by atoms with van der Waals surface area (Å²) in [6.45, 7) is 3.86. The third-order valence-electron chi connectivity index (χ3n) is 7.49. The maximum absolute atomic E-state index is 9.81. The highest BCUT2D eigenvalue weighted by Gasteiger charge is 2.68. The van der Waals surface area contributed by atoms with Gasteiger partial charge in [-0.15, -0.1) is 0 Å². The van der Waals surface area contributed by atoms with Crippen LogP contribution in [0.4, 0.5) is 0 Å². The van der Waals surface area contributed by atoms with E-state index in [-0.39, 0.29) is 5.41 Å². The number of hydrogen-bond acceptors (Lipinski definition) is 3. The number of fused-ring (bicyclic) bond motifs is 6. The van der Waals surface area contributed by atoms with Crippen LogP contribution in [0.3, 0.4) is 0 Å². The smallest absolute Gasteiger partial charge is 0.186 e. The zero-order valence-electron chi connectivity index (χ0n) is 14.1. The largest absolute Gasteiger partial charge is 0.508 e. The van der Waals surface area contributed by atoms with Gasteiger partial charge in [-0.3, -0.25) is 0 Å². The van der Waals surface area contributed by atoms with Crippen molar-refractivity contribution in [1.29, 1.82) is 0 Å². The number of phenols is 1. The highest BCUT2D eigenvalue weighted by atomic mass is 79.9. The molecule has 4 aliphatic rings. The van der Waals surface area contributed by atoms with Crippen LogP contribution in [0, 0.1) is 17.3 Å². The fourth-order valence-electron chi connectivity index (χ4n) is 6.43. The molecular formula is C20H25BrO3. The van der Waals surface area contributed by atoms with Crippen molar-refractivity contribution < 1.29 is 14.6 Å². The molecule has 1 heterocycles. The van der Waals surface area contributed by atoms with E-state index in [4.69, 9.17) is 9.47 Å². The van der Waals surface area contributed by atoms with E-state index in [1.165, 1.54) is 24.0 Å². The molecule has 1 saturated heterocycles. The topological polar surface area (TPSA) is 38.7 Å². The molecule has 3 nitrogen and oxygen atoms in total. The SMILES string of the molecule is C[C@]12CC[C@@H]3c4ccc(O)cc4CC[C@H]3[C@@H]1C[C@@H](Br)C21OCCO1. The Balaban J connectivity index is 1.53. The van der Waals surface area contributed by atoms with E-state index in [1.54, 1.807) is 0 Å². The minimum atomic E-state index is -0.419. The normalized spacial score (nSPS) is 42.6. The summed E-state index contributed by atoms with van der Waals surface area (Å²) in [7, 11) is 0. The molecule has 1 aliphatic heterocycles. The van der Waals surface area contributed by atoms with Crippen LogP contribution in [0.1, 0.15) is 49.7 Å². The van der Waals surface area contributed by atoms with E-state index in [9.17, 15) is 5.11 Å². The number of phenolic OH excluding ortho intramolecular Hbond substituents is 1. The van der Waals surface area contributed by atoms with Crippen molar-refractivity contribution in [2.45, 2.75) is 55.6 Å². The predicted molar refractivity (Wildman–Crippen MR) is 95.5 cm³/mol. The Morgan fingerprint density at radius 2 is 2.00 bits per heavy atom. The third-order valence-corrected chi connectivity index (χ3v) is 8.46. The van der Waals surface area contributed by atoms with Crippen LogP contribution >= 0.6 is 15.9 Å². The summed E-state index contributed by atoms with van der Waals surface area (Å²) in [6, 6.07) is 6.01. The molecule has 24 heavy (non-hydrogen) atoms. The second-order valence-corrected chi connectivity index (χ2v) is 9.43. The molecule has 1 spiro atoms. The van der Waals surface area contributed by atoms with E-state index >= 15 is 0 Å². The maximum atomic E-state index is 9.81. The van der Waals surface area contributed by atoms with Crippen molar-refractivity contribution in [3.8, 4) is 5.75 Å². The van der Waals surface area contributed by atoms with E-state index in [0.29, 0.717) is 28.3 Å². The van der Waals surface area contributed by atoms with E-state index < -0.39 is 5.79 Å². The average Bonchev–Trinajstić information content (AvgIpc) is 3.15. The van der Waals surface area contributed by atoms with Gasteiger partial charge in [0.1, 0.15) is 5.75 Å². The zero-order chi connectivity index (χ0) is 16.5. The lowest BCUT2D eigenvalue weighted by molar-refractivity contribution is -0.233. The van der Waals surface area contributed by atoms with E-state index in [0.717, 1.165) is 32.5 Å². The second-order valence-electron chi connectivity index (χ2n) is 8.32. The van der Waals surface area contributed by atoms with Crippen LogP contribution in [-0.2, 0) is 15.9 Å². The number of alkyl halides is 1. The number of halogens is 1. The van der Waals surface area contributed by atoms with E-state index in [2.05, 4.69) is 28.9 Å². The first kappa shape index (κ1) is 15.7. The zero-order valence-corrected chi connectivity index (χ0v) is 15.7. The fraction of sp³-hybridized carbons (Fsp3) is 0.700. The Morgan fingerprint density at radius 1 is 1.21 bits per heavy atom. The second kappa shape index (κ2) is 5.21. The van der Waals surface area contributed by atoms with Crippen LogP contribution < -0.4 is 0 Å². The summed E-state index contributed by atoms with van der Waals surface area (Å²) >= 11 is 3.92. The minimum Gasteiger partial charge on any atom is -0.508 e. The van der Waals surface area contributed by atoms with Gasteiger partial charge in [0.05, 0.1) is 18.0 Å². The molecule has 4 heteroatoms. The van der Waals surface area contributed by atoms with Crippen LogP contribution in [0.25, 0.3) is 0 Å². The van der Waals surface area contributed by atoms with Gasteiger partial charge in [-0.1, -0.05) is 28.9 Å². The van der Waals surface area contributed by atoms with Crippen molar-refractivity contribution in [3.05, 3.63) is 29.3 Å². The number of hydrogen-bond donors (Lipinski definition) is 1.